The van der Waals surface area contributed by atoms with E-state index in [1.165, 1.54) is 0 Å². The van der Waals surface area contributed by atoms with E-state index in [0.29, 0.717) is 23.3 Å². The van der Waals surface area contributed by atoms with Crippen molar-refractivity contribution in [2.24, 2.45) is 0 Å². The smallest absolute Gasteiger partial charge is 0.228 e. The van der Waals surface area contributed by atoms with Gasteiger partial charge in [0.25, 0.3) is 0 Å². The number of benzene rings is 1. The number of thiocarbonyl (C=S) groups is 1. The number of nitrogens with one attached hydrogen (secondary N) is 1. The first kappa shape index (κ1) is 16.7. The van der Waals surface area contributed by atoms with Crippen LogP contribution in [0.4, 0.5) is 11.8 Å². The second-order valence-electron chi connectivity index (χ2n) is 5.66. The van der Waals surface area contributed by atoms with Gasteiger partial charge in [-0.1, -0.05) is 12.2 Å². The van der Waals surface area contributed by atoms with Crippen LogP contribution < -0.4 is 25.4 Å². The number of piperazine rings is 1. The van der Waals surface area contributed by atoms with Crippen LogP contribution in [0.2, 0.25) is 0 Å². The van der Waals surface area contributed by atoms with Gasteiger partial charge in [0.2, 0.25) is 5.95 Å². The zero-order valence-electron chi connectivity index (χ0n) is 14.0. The van der Waals surface area contributed by atoms with Crippen LogP contribution in [0.1, 0.15) is 6.92 Å². The third-order valence-electron chi connectivity index (χ3n) is 4.19. The number of aromatic nitrogens is 2. The Morgan fingerprint density at radius 1 is 1.29 bits per heavy atom. The third kappa shape index (κ3) is 2.94. The molecule has 1 atom stereocenters. The first-order valence-corrected chi connectivity index (χ1v) is 8.13. The molecule has 1 aliphatic rings. The summed E-state index contributed by atoms with van der Waals surface area (Å²) < 4.78 is 10.7. The molecule has 3 rings (SSSR count). The number of rotatable bonds is 4. The zero-order valence-corrected chi connectivity index (χ0v) is 14.8. The normalized spacial score (nSPS) is 17.8. The molecule has 3 N–H and O–H groups in total. The van der Waals surface area contributed by atoms with Gasteiger partial charge >= 0.3 is 0 Å². The van der Waals surface area contributed by atoms with Gasteiger partial charge in [-0.05, 0) is 13.0 Å². The summed E-state index contributed by atoms with van der Waals surface area (Å²) >= 11 is 5.39. The first-order chi connectivity index (χ1) is 11.5. The van der Waals surface area contributed by atoms with Crippen LogP contribution >= 0.6 is 12.2 Å². The van der Waals surface area contributed by atoms with Crippen LogP contribution in [0.15, 0.2) is 12.1 Å². The molecule has 128 valence electrons. The standard InChI is InChI=1S/C16H21N5O2S/c1-9(24)12-8-18-4-5-21(12)16-19-11-7-14(23-3)13(22-2)6-10(11)15(17)20-16/h6-7,12,18H,4-5,8H2,1-3H3,(H2,17,19,20). The fraction of sp³-hybridized carbons (Fsp3) is 0.438. The Balaban J connectivity index is 2.11. The maximum Gasteiger partial charge on any atom is 0.228 e. The average molecular weight is 347 g/mol. The number of hydrogen-bond acceptors (Lipinski definition) is 8. The quantitative estimate of drug-likeness (QED) is 0.803. The van der Waals surface area contributed by atoms with Crippen LogP contribution in [0.25, 0.3) is 10.9 Å². The van der Waals surface area contributed by atoms with Crippen molar-refractivity contribution in [2.45, 2.75) is 13.0 Å². The van der Waals surface area contributed by atoms with Gasteiger partial charge in [0, 0.05) is 36.0 Å². The van der Waals surface area contributed by atoms with Crippen molar-refractivity contribution in [2.75, 3.05) is 44.5 Å². The molecule has 1 aromatic carbocycles. The molecule has 1 aromatic heterocycles. The highest BCUT2D eigenvalue weighted by Crippen LogP contribution is 2.34. The molecule has 0 spiro atoms. The number of nitrogens with two attached hydrogens (primary N) is 1. The molecule has 0 aliphatic carbocycles. The molecule has 0 bridgehead atoms. The van der Waals surface area contributed by atoms with E-state index in [1.807, 2.05) is 13.0 Å². The lowest BCUT2D eigenvalue weighted by molar-refractivity contribution is 0.356. The summed E-state index contributed by atoms with van der Waals surface area (Å²) in [6, 6.07) is 3.69. The van der Waals surface area contributed by atoms with E-state index in [1.54, 1.807) is 20.3 Å². The molecule has 1 unspecified atom stereocenters. The highest BCUT2D eigenvalue weighted by atomic mass is 32.1. The van der Waals surface area contributed by atoms with Crippen molar-refractivity contribution in [1.82, 2.24) is 15.3 Å². The maximum atomic E-state index is 6.18. The monoisotopic (exact) mass is 347 g/mol. The van der Waals surface area contributed by atoms with Crippen molar-refractivity contribution in [3.8, 4) is 11.5 Å². The zero-order chi connectivity index (χ0) is 17.3. The second-order valence-corrected chi connectivity index (χ2v) is 6.30. The number of hydrogen-bond donors (Lipinski definition) is 2. The van der Waals surface area contributed by atoms with E-state index in [2.05, 4.69) is 20.2 Å². The van der Waals surface area contributed by atoms with Crippen molar-refractivity contribution in [1.29, 1.82) is 0 Å². The maximum absolute atomic E-state index is 6.18. The SMILES string of the molecule is COc1cc2nc(N3CCNCC3C(C)=S)nc(N)c2cc1OC. The Morgan fingerprint density at radius 2 is 2.00 bits per heavy atom. The molecule has 1 fully saturated rings. The van der Waals surface area contributed by atoms with E-state index in [9.17, 15) is 0 Å². The van der Waals surface area contributed by atoms with Gasteiger partial charge in [0.1, 0.15) is 5.82 Å². The van der Waals surface area contributed by atoms with Crippen LogP contribution in [0, 0.1) is 0 Å². The molecule has 7 nitrogen and oxygen atoms in total. The Hall–Kier alpha value is -2.19. The highest BCUT2D eigenvalue weighted by Gasteiger charge is 2.26. The summed E-state index contributed by atoms with van der Waals surface area (Å²) in [6.45, 7) is 4.35. The van der Waals surface area contributed by atoms with Gasteiger partial charge in [-0.2, -0.15) is 4.98 Å². The Morgan fingerprint density at radius 3 is 2.67 bits per heavy atom. The summed E-state index contributed by atoms with van der Waals surface area (Å²) in [5.74, 6) is 2.21. The van der Waals surface area contributed by atoms with Crippen LogP contribution in [-0.2, 0) is 0 Å². The predicted octanol–water partition coefficient (Wildman–Crippen LogP) is 1.40. The lowest BCUT2D eigenvalue weighted by Crippen LogP contribution is -2.54. The molecule has 24 heavy (non-hydrogen) atoms. The molecule has 0 radical (unpaired) electrons. The summed E-state index contributed by atoms with van der Waals surface area (Å²) in [5, 5.41) is 4.09. The number of anilines is 2. The van der Waals surface area contributed by atoms with Crippen LogP contribution in [0.3, 0.4) is 0 Å². The van der Waals surface area contributed by atoms with E-state index in [4.69, 9.17) is 27.4 Å². The van der Waals surface area contributed by atoms with Crippen molar-refractivity contribution < 1.29 is 9.47 Å². The summed E-state index contributed by atoms with van der Waals surface area (Å²) in [7, 11) is 3.18. The number of ether oxygens (including phenoxy) is 2. The molecular formula is C16H21N5O2S. The lowest BCUT2D eigenvalue weighted by atomic mass is 10.1. The van der Waals surface area contributed by atoms with E-state index in [-0.39, 0.29) is 6.04 Å². The summed E-state index contributed by atoms with van der Waals surface area (Å²) in [4.78, 5) is 12.2. The third-order valence-corrected chi connectivity index (χ3v) is 4.46. The number of methoxy groups -OCH3 is 2. The number of fused-ring (bicyclic) bond motifs is 1. The van der Waals surface area contributed by atoms with Gasteiger partial charge in [0.05, 0.1) is 25.8 Å². The summed E-state index contributed by atoms with van der Waals surface area (Å²) in [6.07, 6.45) is 0. The van der Waals surface area contributed by atoms with E-state index >= 15 is 0 Å². The molecule has 1 aliphatic heterocycles. The molecular weight excluding hydrogens is 326 g/mol. The number of nitrogens with zero attached hydrogens (tertiary/aromatic N) is 3. The van der Waals surface area contributed by atoms with Crippen molar-refractivity contribution >= 4 is 39.8 Å². The van der Waals surface area contributed by atoms with Gasteiger partial charge in [-0.25, -0.2) is 4.98 Å². The average Bonchev–Trinajstić information content (AvgIpc) is 2.60. The number of nitrogen functional groups attached to an aromatic ring is 1. The highest BCUT2D eigenvalue weighted by molar-refractivity contribution is 7.80. The van der Waals surface area contributed by atoms with Gasteiger partial charge in [-0.15, -0.1) is 0 Å². The van der Waals surface area contributed by atoms with Gasteiger partial charge in [0.15, 0.2) is 11.5 Å². The van der Waals surface area contributed by atoms with E-state index < -0.39 is 0 Å². The topological polar surface area (TPSA) is 85.5 Å². The minimum atomic E-state index is 0.0748. The molecule has 0 amide bonds. The summed E-state index contributed by atoms with van der Waals surface area (Å²) in [5.41, 5.74) is 6.89. The minimum absolute atomic E-state index is 0.0748. The van der Waals surface area contributed by atoms with Gasteiger partial charge < -0.3 is 25.4 Å². The fourth-order valence-corrected chi connectivity index (χ4v) is 3.11. The second kappa shape index (κ2) is 6.74. The van der Waals surface area contributed by atoms with Crippen LogP contribution in [0.5, 0.6) is 11.5 Å². The molecule has 8 heteroatoms. The van der Waals surface area contributed by atoms with Gasteiger partial charge in [-0.3, -0.25) is 0 Å². The molecule has 2 heterocycles. The predicted molar refractivity (Wildman–Crippen MR) is 99.3 cm³/mol. The Labute approximate surface area is 146 Å². The molecule has 1 saturated heterocycles. The lowest BCUT2D eigenvalue weighted by Gasteiger charge is -2.36. The largest absolute Gasteiger partial charge is 0.493 e. The molecule has 2 aromatic rings. The first-order valence-electron chi connectivity index (χ1n) is 7.72. The molecule has 0 saturated carbocycles. The Bertz CT molecular complexity index is 783. The van der Waals surface area contributed by atoms with Crippen molar-refractivity contribution in [3.63, 3.8) is 0 Å². The van der Waals surface area contributed by atoms with E-state index in [0.717, 1.165) is 35.4 Å². The van der Waals surface area contributed by atoms with Crippen molar-refractivity contribution in [3.05, 3.63) is 12.1 Å². The Kier molecular flexibility index (Phi) is 4.68. The fourth-order valence-electron chi connectivity index (χ4n) is 2.90. The van der Waals surface area contributed by atoms with Crippen LogP contribution in [-0.4, -0.2) is 54.7 Å². The minimum Gasteiger partial charge on any atom is -0.493 e.